The predicted octanol–water partition coefficient (Wildman–Crippen LogP) is 3.85. The van der Waals surface area contributed by atoms with Crippen LogP contribution in [-0.2, 0) is 6.54 Å². The number of hydrogen-bond donors (Lipinski definition) is 1. The fourth-order valence-corrected chi connectivity index (χ4v) is 3.67. The highest BCUT2D eigenvalue weighted by atomic mass is 79.9. The largest absolute Gasteiger partial charge is 0.320 e. The summed E-state index contributed by atoms with van der Waals surface area (Å²) in [7, 11) is 2.03. The van der Waals surface area contributed by atoms with E-state index in [1.807, 2.05) is 13.2 Å². The average molecular weight is 428 g/mol. The first-order valence-electron chi connectivity index (χ1n) is 6.86. The number of nitrogens with zero attached hydrogens (tertiary/aromatic N) is 2. The van der Waals surface area contributed by atoms with Gasteiger partial charge in [-0.2, -0.15) is 0 Å². The van der Waals surface area contributed by atoms with Gasteiger partial charge in [-0.3, -0.25) is 9.88 Å². The molecule has 2 rings (SSSR count). The predicted molar refractivity (Wildman–Crippen MR) is 93.4 cm³/mol. The van der Waals surface area contributed by atoms with Crippen molar-refractivity contribution < 1.29 is 0 Å². The molecule has 0 amide bonds. The lowest BCUT2D eigenvalue weighted by molar-refractivity contribution is 0.170. The van der Waals surface area contributed by atoms with Gasteiger partial charge in [-0.1, -0.05) is 0 Å². The first-order valence-corrected chi connectivity index (χ1v) is 8.44. The third-order valence-corrected chi connectivity index (χ3v) is 4.89. The van der Waals surface area contributed by atoms with Gasteiger partial charge in [-0.05, 0) is 89.8 Å². The molecule has 1 aromatic heterocycles. The summed E-state index contributed by atoms with van der Waals surface area (Å²) >= 11 is 7.03. The minimum Gasteiger partial charge on any atom is -0.320 e. The normalized spacial score (nSPS) is 16.9. The molecule has 1 fully saturated rings. The lowest BCUT2D eigenvalue weighted by Crippen LogP contribution is -2.34. The second kappa shape index (κ2) is 9.36. The quantitative estimate of drug-likeness (QED) is 0.774. The van der Waals surface area contributed by atoms with Gasteiger partial charge in [-0.25, -0.2) is 0 Å². The second-order valence-electron chi connectivity index (χ2n) is 5.19. The maximum atomic E-state index is 4.50. The van der Waals surface area contributed by atoms with E-state index in [-0.39, 0.29) is 12.4 Å². The van der Waals surface area contributed by atoms with Crippen LogP contribution in [0.5, 0.6) is 0 Å². The molecule has 1 aliphatic rings. The van der Waals surface area contributed by atoms with Gasteiger partial charge < -0.3 is 5.32 Å². The monoisotopic (exact) mass is 425 g/mol. The van der Waals surface area contributed by atoms with Gasteiger partial charge in [-0.15, -0.1) is 12.4 Å². The molecule has 0 radical (unpaired) electrons. The van der Waals surface area contributed by atoms with Crippen LogP contribution in [0.3, 0.4) is 0 Å². The Kier molecular flexibility index (Phi) is 8.60. The van der Waals surface area contributed by atoms with Crippen LogP contribution in [-0.4, -0.2) is 36.6 Å². The van der Waals surface area contributed by atoms with Crippen molar-refractivity contribution in [3.8, 4) is 0 Å². The molecule has 0 bridgehead atoms. The maximum Gasteiger partial charge on any atom is 0.0686 e. The molecule has 0 aromatic carbocycles. The molecule has 20 heavy (non-hydrogen) atoms. The van der Waals surface area contributed by atoms with Crippen molar-refractivity contribution in [3.63, 3.8) is 0 Å². The topological polar surface area (TPSA) is 28.2 Å². The van der Waals surface area contributed by atoms with Gasteiger partial charge in [0.2, 0.25) is 0 Å². The molecule has 0 spiro atoms. The van der Waals surface area contributed by atoms with E-state index in [1.54, 1.807) is 0 Å². The van der Waals surface area contributed by atoms with E-state index in [0.29, 0.717) is 0 Å². The van der Waals surface area contributed by atoms with Gasteiger partial charge in [0.15, 0.2) is 0 Å². The molecule has 3 nitrogen and oxygen atoms in total. The van der Waals surface area contributed by atoms with E-state index in [1.165, 1.54) is 32.4 Å². The van der Waals surface area contributed by atoms with Crippen molar-refractivity contribution in [2.45, 2.75) is 25.8 Å². The van der Waals surface area contributed by atoms with Gasteiger partial charge >= 0.3 is 0 Å². The first kappa shape index (κ1) is 18.4. The molecule has 2 heterocycles. The van der Waals surface area contributed by atoms with E-state index in [4.69, 9.17) is 0 Å². The summed E-state index contributed by atoms with van der Waals surface area (Å²) in [6.07, 6.45) is 5.82. The Hall–Kier alpha value is 0.320. The molecular formula is C14H22Br2ClN3. The van der Waals surface area contributed by atoms with Crippen molar-refractivity contribution >= 4 is 44.3 Å². The highest BCUT2D eigenvalue weighted by molar-refractivity contribution is 9.11. The second-order valence-corrected chi connectivity index (χ2v) is 6.96. The number of nitrogens with one attached hydrogen (secondary N) is 1. The first-order chi connectivity index (χ1) is 9.19. The molecule has 1 aromatic rings. The van der Waals surface area contributed by atoms with E-state index >= 15 is 0 Å². The Morgan fingerprint density at radius 3 is 2.65 bits per heavy atom. The fourth-order valence-electron chi connectivity index (χ4n) is 2.55. The summed E-state index contributed by atoms with van der Waals surface area (Å²) in [6, 6.07) is 2.07. The summed E-state index contributed by atoms with van der Waals surface area (Å²) < 4.78 is 2.12. The fraction of sp³-hybridized carbons (Fsp3) is 0.643. The van der Waals surface area contributed by atoms with Gasteiger partial charge in [0, 0.05) is 21.7 Å². The molecule has 1 aliphatic heterocycles. The third kappa shape index (κ3) is 5.60. The Labute approximate surface area is 144 Å². The van der Waals surface area contributed by atoms with Crippen molar-refractivity contribution in [3.05, 3.63) is 26.9 Å². The van der Waals surface area contributed by atoms with E-state index in [9.17, 15) is 0 Å². The van der Waals surface area contributed by atoms with Gasteiger partial charge in [0.25, 0.3) is 0 Å². The zero-order valence-electron chi connectivity index (χ0n) is 11.7. The number of piperidine rings is 1. The summed E-state index contributed by atoms with van der Waals surface area (Å²) in [5.41, 5.74) is 1.14. The molecule has 6 heteroatoms. The summed E-state index contributed by atoms with van der Waals surface area (Å²) in [6.45, 7) is 4.48. The molecule has 0 atom stereocenters. The van der Waals surface area contributed by atoms with Crippen LogP contribution in [0, 0.1) is 5.92 Å². The number of hydrogen-bond acceptors (Lipinski definition) is 3. The van der Waals surface area contributed by atoms with Crippen LogP contribution < -0.4 is 5.32 Å². The van der Waals surface area contributed by atoms with Crippen LogP contribution in [0.4, 0.5) is 0 Å². The van der Waals surface area contributed by atoms with Crippen molar-refractivity contribution in [1.82, 2.24) is 15.2 Å². The molecule has 0 saturated carbocycles. The molecule has 0 aliphatic carbocycles. The number of halogens is 3. The van der Waals surface area contributed by atoms with Crippen LogP contribution in [0.15, 0.2) is 21.2 Å². The zero-order valence-corrected chi connectivity index (χ0v) is 15.7. The van der Waals surface area contributed by atoms with Crippen molar-refractivity contribution in [2.75, 3.05) is 26.7 Å². The van der Waals surface area contributed by atoms with Crippen LogP contribution in [0.1, 0.15) is 25.0 Å². The summed E-state index contributed by atoms with van der Waals surface area (Å²) in [5.74, 6) is 0.894. The number of aromatic nitrogens is 1. The lowest BCUT2D eigenvalue weighted by atomic mass is 9.93. The van der Waals surface area contributed by atoms with Gasteiger partial charge in [0.05, 0.1) is 5.69 Å². The van der Waals surface area contributed by atoms with Crippen LogP contribution in [0.2, 0.25) is 0 Å². The van der Waals surface area contributed by atoms with Crippen LogP contribution >= 0.6 is 44.3 Å². The summed E-state index contributed by atoms with van der Waals surface area (Å²) in [4.78, 5) is 7.01. The Balaban J connectivity index is 0.00000200. The average Bonchev–Trinajstić information content (AvgIpc) is 2.41. The van der Waals surface area contributed by atoms with E-state index in [0.717, 1.165) is 33.6 Å². The number of likely N-dealkylation sites (tertiary alicyclic amines) is 1. The Bertz CT molecular complexity index is 409. The van der Waals surface area contributed by atoms with E-state index in [2.05, 4.69) is 53.1 Å². The minimum absolute atomic E-state index is 0. The third-order valence-electron chi connectivity index (χ3n) is 3.77. The van der Waals surface area contributed by atoms with E-state index < -0.39 is 0 Å². The molecule has 0 unspecified atom stereocenters. The minimum atomic E-state index is 0. The maximum absolute atomic E-state index is 4.50. The molecule has 1 N–H and O–H groups in total. The zero-order chi connectivity index (χ0) is 13.7. The molecular weight excluding hydrogens is 405 g/mol. The number of rotatable bonds is 5. The van der Waals surface area contributed by atoms with Crippen molar-refractivity contribution in [1.29, 1.82) is 0 Å². The summed E-state index contributed by atoms with van der Waals surface area (Å²) in [5, 5.41) is 3.24. The number of pyridine rings is 1. The highest BCUT2D eigenvalue weighted by Crippen LogP contribution is 2.24. The SMILES string of the molecule is CNCCC1CCN(Cc2ncc(Br)cc2Br)CC1.Cl. The van der Waals surface area contributed by atoms with Gasteiger partial charge in [0.1, 0.15) is 0 Å². The highest BCUT2D eigenvalue weighted by Gasteiger charge is 2.19. The molecule has 1 saturated heterocycles. The molecule has 114 valence electrons. The Morgan fingerprint density at radius 1 is 1.35 bits per heavy atom. The van der Waals surface area contributed by atoms with Crippen molar-refractivity contribution in [2.24, 2.45) is 5.92 Å². The standard InChI is InChI=1S/C14H21Br2N3.ClH/c1-17-5-2-11-3-6-19(7-4-11)10-14-13(16)8-12(15)9-18-14;/h8-9,11,17H,2-7,10H2,1H3;1H. The van der Waals surface area contributed by atoms with Crippen LogP contribution in [0.25, 0.3) is 0 Å². The smallest absolute Gasteiger partial charge is 0.0686 e. The lowest BCUT2D eigenvalue weighted by Gasteiger charge is -2.31. The Morgan fingerprint density at radius 2 is 2.05 bits per heavy atom.